The van der Waals surface area contributed by atoms with Gasteiger partial charge in [0.05, 0.1) is 12.6 Å². The molecular formula is C9H16N4O. The van der Waals surface area contributed by atoms with E-state index in [0.717, 1.165) is 25.9 Å². The Kier molecular flexibility index (Phi) is 3.10. The molecule has 78 valence electrons. The number of nitrogens with zero attached hydrogens (tertiary/aromatic N) is 3. The number of piperidine rings is 1. The number of aliphatic hydroxyl groups is 1. The molecular weight excluding hydrogens is 180 g/mol. The highest BCUT2D eigenvalue weighted by atomic mass is 16.3. The molecule has 0 saturated carbocycles. The Hall–Kier alpha value is -0.940. The van der Waals surface area contributed by atoms with E-state index in [1.807, 2.05) is 0 Å². The fourth-order valence-corrected chi connectivity index (χ4v) is 1.90. The molecule has 1 atom stereocenters. The molecule has 1 fully saturated rings. The molecule has 1 unspecified atom stereocenters. The maximum absolute atomic E-state index is 9.93. The lowest BCUT2D eigenvalue weighted by atomic mass is 9.92. The number of hydrogen-bond donors (Lipinski definition) is 2. The first-order valence-electron chi connectivity index (χ1n) is 5.07. The number of aromatic nitrogens is 3. The lowest BCUT2D eigenvalue weighted by molar-refractivity contribution is 0.0700. The predicted molar refractivity (Wildman–Crippen MR) is 51.6 cm³/mol. The zero-order chi connectivity index (χ0) is 9.80. The Labute approximate surface area is 83.2 Å². The van der Waals surface area contributed by atoms with Crippen LogP contribution in [0, 0.1) is 5.92 Å². The Morgan fingerprint density at radius 1 is 1.50 bits per heavy atom. The summed E-state index contributed by atoms with van der Waals surface area (Å²) >= 11 is 0. The van der Waals surface area contributed by atoms with Crippen LogP contribution in [0.2, 0.25) is 0 Å². The van der Waals surface area contributed by atoms with Gasteiger partial charge in [-0.2, -0.15) is 5.10 Å². The lowest BCUT2D eigenvalue weighted by Gasteiger charge is -2.26. The average Bonchev–Trinajstić information content (AvgIpc) is 2.72. The van der Waals surface area contributed by atoms with Crippen molar-refractivity contribution in [3.8, 4) is 0 Å². The van der Waals surface area contributed by atoms with Crippen molar-refractivity contribution in [3.05, 3.63) is 12.7 Å². The van der Waals surface area contributed by atoms with Gasteiger partial charge in [0.25, 0.3) is 0 Å². The molecule has 1 aromatic heterocycles. The molecule has 1 saturated heterocycles. The normalized spacial score (nSPS) is 20.9. The Balaban J connectivity index is 1.85. The molecule has 0 amide bonds. The van der Waals surface area contributed by atoms with Crippen LogP contribution in [0.3, 0.4) is 0 Å². The summed E-state index contributed by atoms with van der Waals surface area (Å²) in [5.74, 6) is 0.403. The van der Waals surface area contributed by atoms with Crippen molar-refractivity contribution >= 4 is 0 Å². The first kappa shape index (κ1) is 9.61. The molecule has 0 aliphatic carbocycles. The van der Waals surface area contributed by atoms with Gasteiger partial charge in [-0.1, -0.05) is 0 Å². The molecule has 2 heterocycles. The van der Waals surface area contributed by atoms with Crippen molar-refractivity contribution in [1.29, 1.82) is 0 Å². The van der Waals surface area contributed by atoms with E-state index in [2.05, 4.69) is 15.4 Å². The van der Waals surface area contributed by atoms with E-state index in [-0.39, 0.29) is 6.10 Å². The van der Waals surface area contributed by atoms with Crippen molar-refractivity contribution in [2.75, 3.05) is 13.1 Å². The summed E-state index contributed by atoms with van der Waals surface area (Å²) in [4.78, 5) is 3.85. The number of aliphatic hydroxyl groups excluding tert-OH is 1. The third-order valence-corrected chi connectivity index (χ3v) is 2.77. The Bertz CT molecular complexity index is 256. The third kappa shape index (κ3) is 2.30. The molecule has 0 radical (unpaired) electrons. The maximum atomic E-state index is 9.93. The summed E-state index contributed by atoms with van der Waals surface area (Å²) in [6, 6.07) is 0. The minimum Gasteiger partial charge on any atom is -0.391 e. The summed E-state index contributed by atoms with van der Waals surface area (Å²) in [6.45, 7) is 2.59. The topological polar surface area (TPSA) is 63.0 Å². The summed E-state index contributed by atoms with van der Waals surface area (Å²) in [5, 5.41) is 17.2. The molecule has 2 N–H and O–H groups in total. The van der Waals surface area contributed by atoms with Crippen LogP contribution in [0.5, 0.6) is 0 Å². The summed E-state index contributed by atoms with van der Waals surface area (Å²) in [6.07, 6.45) is 4.95. The molecule has 0 spiro atoms. The third-order valence-electron chi connectivity index (χ3n) is 2.77. The quantitative estimate of drug-likeness (QED) is 0.693. The number of hydrogen-bond acceptors (Lipinski definition) is 4. The van der Waals surface area contributed by atoms with E-state index in [4.69, 9.17) is 0 Å². The SMILES string of the molecule is OC(Cn1cncn1)C1CCNCC1. The second kappa shape index (κ2) is 4.52. The fraction of sp³-hybridized carbons (Fsp3) is 0.778. The number of nitrogens with one attached hydrogen (secondary N) is 1. The average molecular weight is 196 g/mol. The van der Waals surface area contributed by atoms with Gasteiger partial charge in [-0.3, -0.25) is 4.68 Å². The van der Waals surface area contributed by atoms with E-state index >= 15 is 0 Å². The Morgan fingerprint density at radius 2 is 2.29 bits per heavy atom. The molecule has 5 heteroatoms. The maximum Gasteiger partial charge on any atom is 0.137 e. The predicted octanol–water partition coefficient (Wildman–Crippen LogP) is -0.361. The summed E-state index contributed by atoms with van der Waals surface area (Å²) in [5.41, 5.74) is 0. The highest BCUT2D eigenvalue weighted by Gasteiger charge is 2.21. The van der Waals surface area contributed by atoms with Gasteiger partial charge < -0.3 is 10.4 Å². The van der Waals surface area contributed by atoms with Crippen molar-refractivity contribution in [3.63, 3.8) is 0 Å². The molecule has 2 rings (SSSR count). The van der Waals surface area contributed by atoms with Crippen LogP contribution in [-0.4, -0.2) is 39.1 Å². The zero-order valence-electron chi connectivity index (χ0n) is 8.13. The van der Waals surface area contributed by atoms with Crippen molar-refractivity contribution in [1.82, 2.24) is 20.1 Å². The zero-order valence-corrected chi connectivity index (χ0v) is 8.13. The van der Waals surface area contributed by atoms with Crippen LogP contribution in [0.1, 0.15) is 12.8 Å². The Morgan fingerprint density at radius 3 is 2.93 bits per heavy atom. The second-order valence-electron chi connectivity index (χ2n) is 3.77. The van der Waals surface area contributed by atoms with Crippen LogP contribution in [0.25, 0.3) is 0 Å². The largest absolute Gasteiger partial charge is 0.391 e. The van der Waals surface area contributed by atoms with Gasteiger partial charge in [-0.25, -0.2) is 4.98 Å². The van der Waals surface area contributed by atoms with Gasteiger partial charge in [0, 0.05) is 0 Å². The fourth-order valence-electron chi connectivity index (χ4n) is 1.90. The van der Waals surface area contributed by atoms with Gasteiger partial charge in [0.1, 0.15) is 12.7 Å². The van der Waals surface area contributed by atoms with Crippen molar-refractivity contribution in [2.45, 2.75) is 25.5 Å². The summed E-state index contributed by atoms with van der Waals surface area (Å²) in [7, 11) is 0. The van der Waals surface area contributed by atoms with Gasteiger partial charge in [-0.05, 0) is 31.8 Å². The smallest absolute Gasteiger partial charge is 0.137 e. The standard InChI is InChI=1S/C9H16N4O/c14-9(5-13-7-11-6-12-13)8-1-3-10-4-2-8/h6-10,14H,1-5H2. The van der Waals surface area contributed by atoms with Crippen LogP contribution >= 0.6 is 0 Å². The summed E-state index contributed by atoms with van der Waals surface area (Å²) < 4.78 is 1.69. The lowest BCUT2D eigenvalue weighted by Crippen LogP contribution is -2.36. The van der Waals surface area contributed by atoms with E-state index in [9.17, 15) is 5.11 Å². The van der Waals surface area contributed by atoms with Gasteiger partial charge in [0.2, 0.25) is 0 Å². The highest BCUT2D eigenvalue weighted by Crippen LogP contribution is 2.17. The first-order valence-corrected chi connectivity index (χ1v) is 5.07. The highest BCUT2D eigenvalue weighted by molar-refractivity contribution is 4.75. The van der Waals surface area contributed by atoms with Gasteiger partial charge in [0.15, 0.2) is 0 Å². The second-order valence-corrected chi connectivity index (χ2v) is 3.77. The van der Waals surface area contributed by atoms with E-state index in [1.54, 1.807) is 11.0 Å². The van der Waals surface area contributed by atoms with E-state index < -0.39 is 0 Å². The molecule has 0 bridgehead atoms. The molecule has 5 nitrogen and oxygen atoms in total. The van der Waals surface area contributed by atoms with Crippen molar-refractivity contribution < 1.29 is 5.11 Å². The van der Waals surface area contributed by atoms with Crippen LogP contribution < -0.4 is 5.32 Å². The number of rotatable bonds is 3. The monoisotopic (exact) mass is 196 g/mol. The first-order chi connectivity index (χ1) is 6.86. The molecule has 1 aromatic rings. The minimum absolute atomic E-state index is 0.293. The minimum atomic E-state index is -0.293. The van der Waals surface area contributed by atoms with Crippen molar-refractivity contribution in [2.24, 2.45) is 5.92 Å². The molecule has 1 aliphatic rings. The molecule has 0 aromatic carbocycles. The van der Waals surface area contributed by atoms with E-state index in [1.165, 1.54) is 6.33 Å². The van der Waals surface area contributed by atoms with Crippen LogP contribution in [-0.2, 0) is 6.54 Å². The van der Waals surface area contributed by atoms with Crippen LogP contribution in [0.4, 0.5) is 0 Å². The molecule has 1 aliphatic heterocycles. The van der Waals surface area contributed by atoms with Gasteiger partial charge >= 0.3 is 0 Å². The van der Waals surface area contributed by atoms with Gasteiger partial charge in [-0.15, -0.1) is 0 Å². The van der Waals surface area contributed by atoms with E-state index in [0.29, 0.717) is 12.5 Å². The molecule has 14 heavy (non-hydrogen) atoms. The van der Waals surface area contributed by atoms with Crippen LogP contribution in [0.15, 0.2) is 12.7 Å².